The summed E-state index contributed by atoms with van der Waals surface area (Å²) in [6, 6.07) is 16.1. The van der Waals surface area contributed by atoms with Crippen molar-refractivity contribution in [2.24, 2.45) is 17.8 Å². The van der Waals surface area contributed by atoms with Gasteiger partial charge in [0.1, 0.15) is 6.61 Å². The Bertz CT molecular complexity index is 1050. The highest BCUT2D eigenvalue weighted by atomic mass is 16.5. The molecule has 2 fully saturated rings. The van der Waals surface area contributed by atoms with Crippen LogP contribution >= 0.6 is 0 Å². The van der Waals surface area contributed by atoms with E-state index in [0.717, 1.165) is 30.4 Å². The normalized spacial score (nSPS) is 25.1. The fourth-order valence-electron chi connectivity index (χ4n) is 5.55. The zero-order chi connectivity index (χ0) is 23.7. The van der Waals surface area contributed by atoms with Crippen LogP contribution < -0.4 is 10.6 Å². The predicted molar refractivity (Wildman–Crippen MR) is 126 cm³/mol. The highest BCUT2D eigenvalue weighted by Gasteiger charge is 2.43. The maximum absolute atomic E-state index is 12.8. The summed E-state index contributed by atoms with van der Waals surface area (Å²) in [5.41, 5.74) is 4.67. The van der Waals surface area contributed by atoms with Gasteiger partial charge in [0.05, 0.1) is 11.8 Å². The summed E-state index contributed by atoms with van der Waals surface area (Å²) in [5.74, 6) is -1.58. The summed E-state index contributed by atoms with van der Waals surface area (Å²) in [4.78, 5) is 36.5. The molecule has 5 rings (SSSR count). The average molecular weight is 463 g/mol. The second-order valence-electron chi connectivity index (χ2n) is 9.65. The second kappa shape index (κ2) is 9.49. The van der Waals surface area contributed by atoms with Crippen LogP contribution in [-0.4, -0.2) is 42.3 Å². The maximum Gasteiger partial charge on any atom is 0.407 e. The Kier molecular flexibility index (Phi) is 6.26. The molecule has 2 amide bonds. The fourth-order valence-corrected chi connectivity index (χ4v) is 5.55. The van der Waals surface area contributed by atoms with E-state index in [-0.39, 0.29) is 42.2 Å². The van der Waals surface area contributed by atoms with Crippen molar-refractivity contribution < 1.29 is 24.2 Å². The predicted octanol–water partition coefficient (Wildman–Crippen LogP) is 3.92. The van der Waals surface area contributed by atoms with E-state index < -0.39 is 12.1 Å². The number of hydrogen-bond acceptors (Lipinski definition) is 4. The van der Waals surface area contributed by atoms with Gasteiger partial charge in [0.2, 0.25) is 5.91 Å². The minimum absolute atomic E-state index is 0.00988. The van der Waals surface area contributed by atoms with E-state index in [0.29, 0.717) is 19.4 Å². The number of nitrogens with one attached hydrogen (secondary N) is 2. The van der Waals surface area contributed by atoms with Gasteiger partial charge in [-0.3, -0.25) is 9.59 Å². The molecule has 2 aromatic carbocycles. The average Bonchev–Trinajstić information content (AvgIpc) is 3.57. The molecule has 4 atom stereocenters. The maximum atomic E-state index is 12.8. The van der Waals surface area contributed by atoms with Crippen LogP contribution in [0.2, 0.25) is 0 Å². The van der Waals surface area contributed by atoms with Crippen LogP contribution in [-0.2, 0) is 14.3 Å². The summed E-state index contributed by atoms with van der Waals surface area (Å²) in [6.07, 6.45) is 3.42. The molecular weight excluding hydrogens is 432 g/mol. The van der Waals surface area contributed by atoms with Crippen LogP contribution in [0.15, 0.2) is 48.5 Å². The summed E-state index contributed by atoms with van der Waals surface area (Å²) in [7, 11) is 0. The van der Waals surface area contributed by atoms with Crippen molar-refractivity contribution >= 4 is 18.0 Å². The summed E-state index contributed by atoms with van der Waals surface area (Å²) in [5, 5.41) is 14.9. The van der Waals surface area contributed by atoms with Gasteiger partial charge in [0.25, 0.3) is 0 Å². The minimum atomic E-state index is -0.799. The van der Waals surface area contributed by atoms with Crippen molar-refractivity contribution in [3.05, 3.63) is 59.7 Å². The Labute approximate surface area is 198 Å². The van der Waals surface area contributed by atoms with E-state index in [9.17, 15) is 14.4 Å². The zero-order valence-electron chi connectivity index (χ0n) is 19.0. The van der Waals surface area contributed by atoms with Gasteiger partial charge in [-0.15, -0.1) is 0 Å². The number of alkyl carbamates (subject to hydrolysis) is 1. The topological polar surface area (TPSA) is 105 Å². The molecule has 0 saturated heterocycles. The first kappa shape index (κ1) is 22.4. The number of aliphatic carboxylic acids is 1. The Balaban J connectivity index is 1.17. The fraction of sp³-hybridized carbons (Fsp3) is 0.444. The van der Waals surface area contributed by atoms with Crippen molar-refractivity contribution in [2.75, 3.05) is 13.2 Å². The van der Waals surface area contributed by atoms with Gasteiger partial charge in [0.15, 0.2) is 0 Å². The van der Waals surface area contributed by atoms with Crippen LogP contribution in [0, 0.1) is 17.8 Å². The zero-order valence-corrected chi connectivity index (χ0v) is 19.0. The molecule has 0 bridgehead atoms. The van der Waals surface area contributed by atoms with Gasteiger partial charge in [-0.25, -0.2) is 4.79 Å². The van der Waals surface area contributed by atoms with Crippen molar-refractivity contribution in [1.82, 2.24) is 10.6 Å². The van der Waals surface area contributed by atoms with E-state index in [1.54, 1.807) is 0 Å². The molecule has 7 heteroatoms. The highest BCUT2D eigenvalue weighted by Crippen LogP contribution is 2.44. The lowest BCUT2D eigenvalue weighted by molar-refractivity contribution is -0.139. The van der Waals surface area contributed by atoms with E-state index in [1.165, 1.54) is 11.1 Å². The molecule has 0 heterocycles. The Morgan fingerprint density at radius 2 is 1.56 bits per heavy atom. The lowest BCUT2D eigenvalue weighted by Crippen LogP contribution is -2.49. The van der Waals surface area contributed by atoms with Crippen molar-refractivity contribution in [2.45, 2.75) is 44.1 Å². The SMILES string of the molecule is O=C(N[C@H]1CCCC[C@H]1C(=O)NCC1CC1C(=O)O)OCC1c2ccccc2-c2ccccc21. The summed E-state index contributed by atoms with van der Waals surface area (Å²) < 4.78 is 5.67. The first-order valence-electron chi connectivity index (χ1n) is 12.1. The Morgan fingerprint density at radius 1 is 0.912 bits per heavy atom. The first-order chi connectivity index (χ1) is 16.5. The molecule has 0 radical (unpaired) electrons. The quantitative estimate of drug-likeness (QED) is 0.579. The molecule has 178 valence electrons. The molecule has 7 nitrogen and oxygen atoms in total. The third kappa shape index (κ3) is 4.52. The van der Waals surface area contributed by atoms with Gasteiger partial charge in [0, 0.05) is 18.5 Å². The third-order valence-electron chi connectivity index (χ3n) is 7.53. The van der Waals surface area contributed by atoms with Gasteiger partial charge in [-0.2, -0.15) is 0 Å². The second-order valence-corrected chi connectivity index (χ2v) is 9.65. The van der Waals surface area contributed by atoms with E-state index >= 15 is 0 Å². The Hall–Kier alpha value is -3.35. The smallest absolute Gasteiger partial charge is 0.407 e. The standard InChI is InChI=1S/C27H30N2O5/c30-25(28-14-16-13-22(16)26(31)32)21-11-5-6-12-24(21)29-27(33)34-15-23-19-9-3-1-7-17(19)18-8-2-4-10-20(18)23/h1-4,7-10,16,21-24H,5-6,11-15H2,(H,28,30)(H,29,33)(H,31,32)/t16?,21-,22?,24+/m1/s1. The van der Waals surface area contributed by atoms with Gasteiger partial charge >= 0.3 is 12.1 Å². The number of carbonyl (C=O) groups is 3. The number of rotatable bonds is 7. The minimum Gasteiger partial charge on any atom is -0.481 e. The van der Waals surface area contributed by atoms with E-state index in [4.69, 9.17) is 9.84 Å². The molecule has 0 spiro atoms. The number of carboxylic acid groups (broad SMARTS) is 1. The molecule has 2 unspecified atom stereocenters. The molecule has 2 aromatic rings. The van der Waals surface area contributed by atoms with Crippen LogP contribution in [0.4, 0.5) is 4.79 Å². The largest absolute Gasteiger partial charge is 0.481 e. The molecule has 2 saturated carbocycles. The van der Waals surface area contributed by atoms with Crippen LogP contribution in [0.5, 0.6) is 0 Å². The number of ether oxygens (including phenoxy) is 1. The lowest BCUT2D eigenvalue weighted by Gasteiger charge is -2.31. The van der Waals surface area contributed by atoms with Gasteiger partial charge in [-0.05, 0) is 47.4 Å². The van der Waals surface area contributed by atoms with Gasteiger partial charge in [-0.1, -0.05) is 61.4 Å². The number of fused-ring (bicyclic) bond motifs is 3. The summed E-state index contributed by atoms with van der Waals surface area (Å²) in [6.45, 7) is 0.617. The number of benzene rings is 2. The molecular formula is C27H30N2O5. The molecule has 0 aromatic heterocycles. The Morgan fingerprint density at radius 3 is 2.21 bits per heavy atom. The van der Waals surface area contributed by atoms with E-state index in [2.05, 4.69) is 34.9 Å². The van der Waals surface area contributed by atoms with Gasteiger partial charge < -0.3 is 20.5 Å². The van der Waals surface area contributed by atoms with Crippen molar-refractivity contribution in [3.8, 4) is 11.1 Å². The number of carboxylic acids is 1. The van der Waals surface area contributed by atoms with Crippen molar-refractivity contribution in [3.63, 3.8) is 0 Å². The number of carbonyl (C=O) groups excluding carboxylic acids is 2. The number of amides is 2. The molecule has 34 heavy (non-hydrogen) atoms. The highest BCUT2D eigenvalue weighted by molar-refractivity contribution is 5.81. The molecule has 3 N–H and O–H groups in total. The van der Waals surface area contributed by atoms with E-state index in [1.807, 2.05) is 24.3 Å². The molecule has 0 aliphatic heterocycles. The monoisotopic (exact) mass is 462 g/mol. The number of hydrogen-bond donors (Lipinski definition) is 3. The molecule has 3 aliphatic rings. The van der Waals surface area contributed by atoms with Crippen LogP contribution in [0.1, 0.15) is 49.1 Å². The third-order valence-corrected chi connectivity index (χ3v) is 7.53. The summed E-state index contributed by atoms with van der Waals surface area (Å²) >= 11 is 0. The lowest BCUT2D eigenvalue weighted by atomic mass is 9.84. The molecule has 3 aliphatic carbocycles. The first-order valence-corrected chi connectivity index (χ1v) is 12.1. The van der Waals surface area contributed by atoms with Crippen LogP contribution in [0.25, 0.3) is 11.1 Å². The van der Waals surface area contributed by atoms with Crippen LogP contribution in [0.3, 0.4) is 0 Å². The van der Waals surface area contributed by atoms with Crippen molar-refractivity contribution in [1.29, 1.82) is 0 Å².